The quantitative estimate of drug-likeness (QED) is 0.102. The third-order valence-electron chi connectivity index (χ3n) is 6.22. The van der Waals surface area contributed by atoms with Gasteiger partial charge < -0.3 is 49.3 Å². The maximum Gasteiger partial charge on any atom is 0.330 e. The lowest BCUT2D eigenvalue weighted by Gasteiger charge is -2.43. The number of carbonyl (C=O) groups excluding carboxylic acids is 2. The maximum absolute atomic E-state index is 12.3. The summed E-state index contributed by atoms with van der Waals surface area (Å²) in [7, 11) is -11.9. The van der Waals surface area contributed by atoms with E-state index in [4.69, 9.17) is 9.47 Å². The van der Waals surface area contributed by atoms with Crippen LogP contribution in [-0.2, 0) is 41.6 Å². The fraction of sp³-hybridized carbons (Fsp3) is 0.579. The molecule has 11 atom stereocenters. The van der Waals surface area contributed by atoms with E-state index in [1.165, 1.54) is 0 Å². The predicted octanol–water partition coefficient (Wildman–Crippen LogP) is -6.12. The minimum atomic E-state index is -6.03. The Morgan fingerprint density at radius 1 is 0.857 bits per heavy atom. The largest absolute Gasteiger partial charge is 0.756 e. The molecule has 0 bridgehead atoms. The van der Waals surface area contributed by atoms with Crippen LogP contribution in [0, 0.1) is 0 Å². The van der Waals surface area contributed by atoms with Crippen LogP contribution in [0.25, 0.3) is 0 Å². The van der Waals surface area contributed by atoms with Crippen LogP contribution in [0.15, 0.2) is 34.0 Å². The van der Waals surface area contributed by atoms with Crippen LogP contribution in [0.5, 0.6) is 0 Å². The van der Waals surface area contributed by atoms with Gasteiger partial charge in [-0.2, -0.15) is 0 Å². The monoisotopic (exact) mass is 643 g/mol. The first-order valence-electron chi connectivity index (χ1n) is 11.7. The van der Waals surface area contributed by atoms with Gasteiger partial charge >= 0.3 is 5.69 Å². The number of nitrogens with zero attached hydrogens (tertiary/aromatic N) is 2. The van der Waals surface area contributed by atoms with Gasteiger partial charge in [-0.05, 0) is 0 Å². The molecule has 6 N–H and O–H groups in total. The zero-order valence-electron chi connectivity index (χ0n) is 20.8. The number of phosphoric ester groups is 2. The Balaban J connectivity index is 1.37. The number of aromatic amines is 1. The molecule has 11 unspecified atom stereocenters. The number of hydrogen-bond donors (Lipinski definition) is 6. The predicted molar refractivity (Wildman–Crippen MR) is 123 cm³/mol. The van der Waals surface area contributed by atoms with Crippen LogP contribution >= 0.6 is 15.6 Å². The van der Waals surface area contributed by atoms with Gasteiger partial charge in [0.2, 0.25) is 0 Å². The molecule has 21 nitrogen and oxygen atoms in total. The molecule has 3 aliphatic heterocycles. The van der Waals surface area contributed by atoms with Crippen LogP contribution in [0.2, 0.25) is 0 Å². The fourth-order valence-corrected chi connectivity index (χ4v) is 6.21. The molecule has 42 heavy (non-hydrogen) atoms. The molecule has 2 fully saturated rings. The van der Waals surface area contributed by atoms with Crippen molar-refractivity contribution in [1.82, 2.24) is 14.5 Å². The van der Waals surface area contributed by atoms with Gasteiger partial charge in [0.05, 0.1) is 13.2 Å². The molecule has 0 radical (unpaired) electrons. The van der Waals surface area contributed by atoms with Gasteiger partial charge in [0, 0.05) is 24.4 Å². The van der Waals surface area contributed by atoms with Crippen molar-refractivity contribution in [3.8, 4) is 0 Å². The molecule has 0 saturated carbocycles. The number of phosphoric acid groups is 2. The summed E-state index contributed by atoms with van der Waals surface area (Å²) in [6.45, 7) is -1.88. The Labute approximate surface area is 232 Å². The average Bonchev–Trinajstić information content (AvgIpc) is 3.36. The van der Waals surface area contributed by atoms with E-state index in [0.29, 0.717) is 9.47 Å². The van der Waals surface area contributed by atoms with Crippen LogP contribution in [0.4, 0.5) is 0 Å². The van der Waals surface area contributed by atoms with E-state index in [1.807, 2.05) is 4.98 Å². The van der Waals surface area contributed by atoms with Crippen molar-refractivity contribution < 1.29 is 76.9 Å². The molecule has 1 aromatic heterocycles. The first kappa shape index (κ1) is 32.5. The molecule has 23 heteroatoms. The zero-order chi connectivity index (χ0) is 31.1. The van der Waals surface area contributed by atoms with Crippen molar-refractivity contribution in [3.63, 3.8) is 0 Å². The standard InChI is InChI=1S/C19H25N3O18P2/c23-9-3-4-21(19(31)20-9)17-15(29)13(27)8(37-17)6-36-41(32,33)40-42(34,35)39-18-16(30)14(28)12(26)7(38-18)5-22-10(24)1-2-11(22)25/h1-4,7-8,12-18,26-30H,5-6H2,(H,32,33)(H,34,35)(H,20,23,31)/p-2. The van der Waals surface area contributed by atoms with E-state index in [2.05, 4.69) is 13.4 Å². The Bertz CT molecular complexity index is 1430. The topological polar surface area (TPSA) is 320 Å². The molecular formula is C19H23N3O18P2-2. The number of aromatic nitrogens is 2. The number of amides is 2. The highest BCUT2D eigenvalue weighted by atomic mass is 31.3. The number of aliphatic hydroxyl groups excluding tert-OH is 5. The number of imide groups is 1. The average molecular weight is 643 g/mol. The van der Waals surface area contributed by atoms with Crippen molar-refractivity contribution in [2.75, 3.05) is 13.2 Å². The minimum Gasteiger partial charge on any atom is -0.756 e. The fourth-order valence-electron chi connectivity index (χ4n) is 4.13. The second-order valence-corrected chi connectivity index (χ2v) is 12.0. The van der Waals surface area contributed by atoms with E-state index in [-0.39, 0.29) is 0 Å². The summed E-state index contributed by atoms with van der Waals surface area (Å²) in [6, 6.07) is 0.899. The van der Waals surface area contributed by atoms with Gasteiger partial charge in [-0.1, -0.05) is 0 Å². The SMILES string of the molecule is O=C1C=CC(=O)N1CC1OC(OP(=O)([O-])OP(=O)([O-])OCC2OC(n3ccc(=O)[nH]c3=O)C(O)C2O)C(O)C(O)C1O. The number of H-pyrrole nitrogens is 1. The number of rotatable bonds is 10. The summed E-state index contributed by atoms with van der Waals surface area (Å²) in [4.78, 5) is 73.6. The van der Waals surface area contributed by atoms with Crippen molar-refractivity contribution in [2.24, 2.45) is 0 Å². The van der Waals surface area contributed by atoms with E-state index in [9.17, 15) is 63.6 Å². The van der Waals surface area contributed by atoms with E-state index < -0.39 is 107 Å². The van der Waals surface area contributed by atoms with Gasteiger partial charge in [0.25, 0.3) is 33.0 Å². The van der Waals surface area contributed by atoms with E-state index in [0.717, 1.165) is 24.4 Å². The third-order valence-corrected chi connectivity index (χ3v) is 8.76. The summed E-state index contributed by atoms with van der Waals surface area (Å²) in [5.74, 6) is -1.64. The Morgan fingerprint density at radius 3 is 2.10 bits per heavy atom. The normalized spacial score (nSPS) is 36.3. The summed E-state index contributed by atoms with van der Waals surface area (Å²) in [5.41, 5.74) is -1.82. The highest BCUT2D eigenvalue weighted by Gasteiger charge is 2.48. The molecule has 234 valence electrons. The van der Waals surface area contributed by atoms with Crippen molar-refractivity contribution in [3.05, 3.63) is 45.3 Å². The van der Waals surface area contributed by atoms with Gasteiger partial charge in [0.15, 0.2) is 12.5 Å². The number of hydrogen-bond acceptors (Lipinski definition) is 18. The minimum absolute atomic E-state index is 0.566. The summed E-state index contributed by atoms with van der Waals surface area (Å²) >= 11 is 0. The second-order valence-electron chi connectivity index (χ2n) is 9.08. The highest BCUT2D eigenvalue weighted by molar-refractivity contribution is 7.59. The first-order chi connectivity index (χ1) is 19.5. The molecule has 2 saturated heterocycles. The Hall–Kier alpha value is -2.46. The smallest absolute Gasteiger partial charge is 0.330 e. The molecular weight excluding hydrogens is 620 g/mol. The molecule has 1 aromatic rings. The lowest BCUT2D eigenvalue weighted by Crippen LogP contribution is -2.61. The number of nitrogens with one attached hydrogen (secondary N) is 1. The molecule has 2 amide bonds. The molecule has 0 aromatic carbocycles. The van der Waals surface area contributed by atoms with Crippen LogP contribution in [0.3, 0.4) is 0 Å². The van der Waals surface area contributed by atoms with E-state index in [1.54, 1.807) is 0 Å². The van der Waals surface area contributed by atoms with Gasteiger partial charge in [-0.25, -0.2) is 9.11 Å². The molecule has 0 spiro atoms. The molecule has 4 rings (SSSR count). The molecule has 4 heterocycles. The van der Waals surface area contributed by atoms with E-state index >= 15 is 0 Å². The van der Waals surface area contributed by atoms with Crippen LogP contribution < -0.4 is 21.0 Å². The second kappa shape index (κ2) is 12.3. The highest BCUT2D eigenvalue weighted by Crippen LogP contribution is 2.57. The molecule has 3 aliphatic rings. The van der Waals surface area contributed by atoms with Crippen molar-refractivity contribution in [2.45, 2.75) is 55.2 Å². The van der Waals surface area contributed by atoms with Gasteiger partial charge in [0.1, 0.15) is 42.7 Å². The number of aliphatic hydroxyl groups is 5. The summed E-state index contributed by atoms with van der Waals surface area (Å²) in [5, 5.41) is 50.6. The van der Waals surface area contributed by atoms with Gasteiger partial charge in [-0.15, -0.1) is 0 Å². The summed E-state index contributed by atoms with van der Waals surface area (Å²) in [6.07, 6.45) is -14.8. The molecule has 0 aliphatic carbocycles. The summed E-state index contributed by atoms with van der Waals surface area (Å²) < 4.78 is 48.1. The van der Waals surface area contributed by atoms with Gasteiger partial charge in [-0.3, -0.25) is 42.5 Å². The first-order valence-corrected chi connectivity index (χ1v) is 14.6. The lowest BCUT2D eigenvalue weighted by atomic mass is 9.98. The van der Waals surface area contributed by atoms with Crippen molar-refractivity contribution >= 4 is 27.5 Å². The Kier molecular flexibility index (Phi) is 9.48. The lowest BCUT2D eigenvalue weighted by molar-refractivity contribution is -0.302. The zero-order valence-corrected chi connectivity index (χ0v) is 22.5. The van der Waals surface area contributed by atoms with Crippen molar-refractivity contribution in [1.29, 1.82) is 0 Å². The van der Waals surface area contributed by atoms with Crippen LogP contribution in [0.1, 0.15) is 6.23 Å². The third kappa shape index (κ3) is 7.01. The maximum atomic E-state index is 12.3. The van der Waals surface area contributed by atoms with Crippen LogP contribution in [-0.4, -0.2) is 114 Å². The number of ether oxygens (including phenoxy) is 2. The number of carbonyl (C=O) groups is 2. The Morgan fingerprint density at radius 2 is 1.48 bits per heavy atom.